The average Bonchev–Trinajstić information content (AvgIpc) is 2.67. The van der Waals surface area contributed by atoms with Crippen molar-refractivity contribution in [1.82, 2.24) is 5.32 Å². The number of non-ortho nitro benzene ring substituents is 1. The van der Waals surface area contributed by atoms with Gasteiger partial charge in [-0.25, -0.2) is 9.59 Å². The van der Waals surface area contributed by atoms with Crippen LogP contribution < -0.4 is 5.32 Å². The normalized spacial score (nSPS) is 17.4. The van der Waals surface area contributed by atoms with E-state index in [0.29, 0.717) is 23.6 Å². The minimum absolute atomic E-state index is 0.0736. The molecule has 0 amide bonds. The highest BCUT2D eigenvalue weighted by Crippen LogP contribution is 2.39. The van der Waals surface area contributed by atoms with Crippen molar-refractivity contribution >= 4 is 17.6 Å². The van der Waals surface area contributed by atoms with Crippen molar-refractivity contribution < 1.29 is 29.1 Å². The summed E-state index contributed by atoms with van der Waals surface area (Å²) in [4.78, 5) is 35.6. The third-order valence-electron chi connectivity index (χ3n) is 4.75. The molecule has 162 valence electrons. The van der Waals surface area contributed by atoms with Gasteiger partial charge in [-0.15, -0.1) is 0 Å². The maximum absolute atomic E-state index is 13.0. The Balaban J connectivity index is 2.47. The maximum Gasteiger partial charge on any atom is 0.339 e. The molecule has 1 aromatic rings. The van der Waals surface area contributed by atoms with Crippen LogP contribution in [0.5, 0.6) is 0 Å². The molecule has 2 atom stereocenters. The molecular weight excluding hydrogens is 392 g/mol. The van der Waals surface area contributed by atoms with Crippen LogP contribution in [-0.4, -0.2) is 34.9 Å². The molecule has 9 heteroatoms. The van der Waals surface area contributed by atoms with E-state index in [1.54, 1.807) is 26.8 Å². The van der Waals surface area contributed by atoms with Crippen molar-refractivity contribution in [2.75, 3.05) is 6.61 Å². The van der Waals surface area contributed by atoms with Gasteiger partial charge in [0.2, 0.25) is 0 Å². The molecule has 0 aliphatic carbocycles. The first kappa shape index (κ1) is 23.1. The Morgan fingerprint density at radius 1 is 1.27 bits per heavy atom. The summed E-state index contributed by atoms with van der Waals surface area (Å²) < 4.78 is 10.9. The number of nitrogens with zero attached hydrogens (tertiary/aromatic N) is 1. The Labute approximate surface area is 174 Å². The highest BCUT2D eigenvalue weighted by molar-refractivity contribution is 5.99. The zero-order valence-corrected chi connectivity index (χ0v) is 17.4. The van der Waals surface area contributed by atoms with E-state index in [0.717, 1.165) is 12.8 Å². The molecule has 0 spiro atoms. The van der Waals surface area contributed by atoms with Crippen molar-refractivity contribution in [3.63, 3.8) is 0 Å². The van der Waals surface area contributed by atoms with E-state index in [-0.39, 0.29) is 16.8 Å². The number of unbranched alkanes of at least 4 members (excludes halogenated alkanes) is 1. The summed E-state index contributed by atoms with van der Waals surface area (Å²) in [6.07, 6.45) is 0.915. The lowest BCUT2D eigenvalue weighted by Crippen LogP contribution is -2.33. The number of carbonyl (C=O) groups excluding carboxylic acids is 1. The predicted molar refractivity (Wildman–Crippen MR) is 108 cm³/mol. The van der Waals surface area contributed by atoms with Gasteiger partial charge in [0.1, 0.15) is 0 Å². The second-order valence-electron chi connectivity index (χ2n) is 6.99. The van der Waals surface area contributed by atoms with E-state index in [9.17, 15) is 24.8 Å². The molecule has 0 aromatic heterocycles. The standard InChI is InChI=1S/C21H26N2O7/c1-5-6-10-29-14(4)30-21(26)18-13(3)22-12(2)17(20(24)25)19(18)15-8-7-9-16(11-15)23(27)28/h7-9,11,14,19,22H,5-6,10H2,1-4H3,(H,24,25). The molecule has 0 saturated carbocycles. The summed E-state index contributed by atoms with van der Waals surface area (Å²) in [6, 6.07) is 5.59. The Hall–Kier alpha value is -3.20. The van der Waals surface area contributed by atoms with Gasteiger partial charge in [0, 0.05) is 23.5 Å². The lowest BCUT2D eigenvalue weighted by molar-refractivity contribution is -0.384. The van der Waals surface area contributed by atoms with E-state index in [4.69, 9.17) is 9.47 Å². The van der Waals surface area contributed by atoms with Crippen molar-refractivity contribution in [3.8, 4) is 0 Å². The molecule has 2 rings (SSSR count). The van der Waals surface area contributed by atoms with Gasteiger partial charge in [0.25, 0.3) is 5.69 Å². The fourth-order valence-electron chi connectivity index (χ4n) is 3.34. The summed E-state index contributed by atoms with van der Waals surface area (Å²) in [5.41, 5.74) is 0.875. The quantitative estimate of drug-likeness (QED) is 0.205. The zero-order chi connectivity index (χ0) is 22.4. The highest BCUT2D eigenvalue weighted by atomic mass is 16.7. The summed E-state index contributed by atoms with van der Waals surface area (Å²) in [6.45, 7) is 7.23. The Kier molecular flexibility index (Phi) is 7.71. The van der Waals surface area contributed by atoms with Gasteiger partial charge >= 0.3 is 11.9 Å². The molecule has 1 aromatic carbocycles. The number of benzene rings is 1. The number of hydrogen-bond acceptors (Lipinski definition) is 7. The molecule has 1 aliphatic rings. The number of carboxylic acids is 1. The van der Waals surface area contributed by atoms with Gasteiger partial charge in [-0.1, -0.05) is 25.5 Å². The molecule has 9 nitrogen and oxygen atoms in total. The monoisotopic (exact) mass is 418 g/mol. The van der Waals surface area contributed by atoms with Gasteiger partial charge in [-0.3, -0.25) is 10.1 Å². The van der Waals surface area contributed by atoms with Gasteiger partial charge in [-0.05, 0) is 32.8 Å². The Bertz CT molecular complexity index is 904. The number of nitro groups is 1. The van der Waals surface area contributed by atoms with Crippen LogP contribution in [-0.2, 0) is 19.1 Å². The van der Waals surface area contributed by atoms with Crippen molar-refractivity contribution in [2.24, 2.45) is 0 Å². The molecule has 0 saturated heterocycles. The maximum atomic E-state index is 13.0. The molecule has 1 heterocycles. The van der Waals surface area contributed by atoms with Crippen LogP contribution in [0.1, 0.15) is 52.0 Å². The number of hydrogen-bond donors (Lipinski definition) is 2. The van der Waals surface area contributed by atoms with Gasteiger partial charge in [0.05, 0.1) is 28.6 Å². The minimum Gasteiger partial charge on any atom is -0.478 e. The second-order valence-corrected chi connectivity index (χ2v) is 6.99. The molecule has 0 radical (unpaired) electrons. The van der Waals surface area contributed by atoms with E-state index in [2.05, 4.69) is 5.32 Å². The molecule has 2 N–H and O–H groups in total. The second kappa shape index (κ2) is 10.0. The number of esters is 1. The molecule has 30 heavy (non-hydrogen) atoms. The van der Waals surface area contributed by atoms with E-state index in [1.165, 1.54) is 18.2 Å². The molecule has 0 fully saturated rings. The van der Waals surface area contributed by atoms with Crippen molar-refractivity contribution in [3.05, 3.63) is 62.5 Å². The number of dihydropyridines is 1. The van der Waals surface area contributed by atoms with E-state index in [1.807, 2.05) is 6.92 Å². The van der Waals surface area contributed by atoms with Crippen LogP contribution in [0.15, 0.2) is 46.8 Å². The lowest BCUT2D eigenvalue weighted by Gasteiger charge is -2.30. The van der Waals surface area contributed by atoms with Crippen LogP contribution in [0.3, 0.4) is 0 Å². The largest absolute Gasteiger partial charge is 0.478 e. The topological polar surface area (TPSA) is 128 Å². The summed E-state index contributed by atoms with van der Waals surface area (Å²) in [5, 5.41) is 23.9. The van der Waals surface area contributed by atoms with E-state index >= 15 is 0 Å². The number of ether oxygens (including phenoxy) is 2. The van der Waals surface area contributed by atoms with Crippen LogP contribution in [0.2, 0.25) is 0 Å². The third kappa shape index (κ3) is 5.24. The number of nitro benzene ring substituents is 1. The number of carbonyl (C=O) groups is 2. The minimum atomic E-state index is -1.23. The zero-order valence-electron chi connectivity index (χ0n) is 17.4. The lowest BCUT2D eigenvalue weighted by atomic mass is 9.80. The highest BCUT2D eigenvalue weighted by Gasteiger charge is 2.38. The first-order chi connectivity index (χ1) is 14.2. The molecule has 0 bridgehead atoms. The number of aliphatic carboxylic acids is 1. The van der Waals surface area contributed by atoms with Crippen LogP contribution >= 0.6 is 0 Å². The van der Waals surface area contributed by atoms with Crippen LogP contribution in [0.25, 0.3) is 0 Å². The van der Waals surface area contributed by atoms with Crippen LogP contribution in [0.4, 0.5) is 5.69 Å². The molecular formula is C21H26N2O7. The average molecular weight is 418 g/mol. The summed E-state index contributed by atoms with van der Waals surface area (Å²) in [7, 11) is 0. The molecule has 1 aliphatic heterocycles. The van der Waals surface area contributed by atoms with Crippen LogP contribution in [0, 0.1) is 10.1 Å². The van der Waals surface area contributed by atoms with Gasteiger partial charge < -0.3 is 19.9 Å². The fourth-order valence-corrected chi connectivity index (χ4v) is 3.34. The first-order valence-corrected chi connectivity index (χ1v) is 9.66. The van der Waals surface area contributed by atoms with Gasteiger partial charge in [0.15, 0.2) is 6.29 Å². The number of carboxylic acid groups (broad SMARTS) is 1. The Morgan fingerprint density at radius 3 is 2.53 bits per heavy atom. The van der Waals surface area contributed by atoms with E-state index < -0.39 is 29.1 Å². The van der Waals surface area contributed by atoms with Crippen molar-refractivity contribution in [2.45, 2.75) is 52.7 Å². The summed E-state index contributed by atoms with van der Waals surface area (Å²) >= 11 is 0. The van der Waals surface area contributed by atoms with Gasteiger partial charge in [-0.2, -0.15) is 0 Å². The predicted octanol–water partition coefficient (Wildman–Crippen LogP) is 3.62. The Morgan fingerprint density at radius 2 is 1.93 bits per heavy atom. The first-order valence-electron chi connectivity index (χ1n) is 9.66. The number of allylic oxidation sites excluding steroid dienone is 2. The fraction of sp³-hybridized carbons (Fsp3) is 0.429. The number of rotatable bonds is 9. The third-order valence-corrected chi connectivity index (χ3v) is 4.75. The van der Waals surface area contributed by atoms with Crippen molar-refractivity contribution in [1.29, 1.82) is 0 Å². The summed E-state index contributed by atoms with van der Waals surface area (Å²) in [5.74, 6) is -3.01. The SMILES string of the molecule is CCCCOC(C)OC(=O)C1=C(C)NC(C)=C(C(=O)O)C1c1cccc([N+](=O)[O-])c1. The number of nitrogens with one attached hydrogen (secondary N) is 1. The smallest absolute Gasteiger partial charge is 0.339 e. The molecule has 2 unspecified atom stereocenters.